The number of carboxylic acids is 1. The van der Waals surface area contributed by atoms with Gasteiger partial charge in [0.05, 0.1) is 29.6 Å². The molecule has 1 atom stereocenters. The molecular weight excluding hydrogens is 452 g/mol. The summed E-state index contributed by atoms with van der Waals surface area (Å²) in [5.41, 5.74) is 5.43. The van der Waals surface area contributed by atoms with Gasteiger partial charge in [0.25, 0.3) is 0 Å². The van der Waals surface area contributed by atoms with Crippen LogP contribution in [0.1, 0.15) is 49.3 Å². The smallest absolute Gasteiger partial charge is 0.337 e. The highest BCUT2D eigenvalue weighted by Crippen LogP contribution is 2.48. The Bertz CT molecular complexity index is 1400. The van der Waals surface area contributed by atoms with Gasteiger partial charge >= 0.3 is 5.97 Å². The fourth-order valence-electron chi connectivity index (χ4n) is 4.93. The maximum atomic E-state index is 12.8. The average Bonchev–Trinajstić information content (AvgIpc) is 3.05. The summed E-state index contributed by atoms with van der Waals surface area (Å²) in [6.07, 6.45) is -0.0820. The number of sulfonamides is 1. The van der Waals surface area contributed by atoms with Gasteiger partial charge in [0, 0.05) is 23.2 Å². The third kappa shape index (κ3) is 4.09. The van der Waals surface area contributed by atoms with Crippen molar-refractivity contribution in [3.05, 3.63) is 52.7 Å². The topological polar surface area (TPSA) is 88.8 Å². The largest absolute Gasteiger partial charge is 0.479 e. The lowest BCUT2D eigenvalue weighted by atomic mass is 9.87. The van der Waals surface area contributed by atoms with Crippen LogP contribution in [0.4, 0.5) is 5.69 Å². The van der Waals surface area contributed by atoms with Crippen LogP contribution in [0.3, 0.4) is 0 Å². The van der Waals surface area contributed by atoms with Gasteiger partial charge in [-0.15, -0.1) is 0 Å². The Kier molecular flexibility index (Phi) is 5.81. The third-order valence-corrected chi connectivity index (χ3v) is 7.47. The van der Waals surface area contributed by atoms with E-state index in [9.17, 15) is 18.3 Å². The normalized spacial score (nSPS) is 15.1. The second-order valence-electron chi connectivity index (χ2n) is 10.1. The molecule has 8 heteroatoms. The summed E-state index contributed by atoms with van der Waals surface area (Å²) in [6.45, 7) is 12.1. The molecule has 3 aromatic rings. The summed E-state index contributed by atoms with van der Waals surface area (Å²) in [5, 5.41) is 11.1. The Morgan fingerprint density at radius 1 is 1.09 bits per heavy atom. The molecule has 2 heterocycles. The minimum absolute atomic E-state index is 0.290. The number of anilines is 1. The van der Waals surface area contributed by atoms with Crippen molar-refractivity contribution < 1.29 is 23.1 Å². The number of benzene rings is 2. The van der Waals surface area contributed by atoms with Crippen molar-refractivity contribution in [3.63, 3.8) is 0 Å². The third-order valence-electron chi connectivity index (χ3n) is 6.30. The van der Waals surface area contributed by atoms with E-state index < -0.39 is 27.7 Å². The number of hydrogen-bond acceptors (Lipinski definition) is 4. The van der Waals surface area contributed by atoms with Crippen molar-refractivity contribution in [2.24, 2.45) is 0 Å². The summed E-state index contributed by atoms with van der Waals surface area (Å²) < 4.78 is 35.2. The molecule has 0 saturated carbocycles. The SMILES string of the molecule is Cc1ccc(-c2c([C@H](OC(C)(C)C)C(=O)O)c(C)c3c4c2cc(C)n4CCN3S(C)(=O)=O)cc1. The second kappa shape index (κ2) is 8.13. The number of nitrogens with zero attached hydrogens (tertiary/aromatic N) is 2. The molecule has 2 aromatic carbocycles. The van der Waals surface area contributed by atoms with Crippen LogP contribution in [0.5, 0.6) is 0 Å². The van der Waals surface area contributed by atoms with Crippen molar-refractivity contribution in [3.8, 4) is 11.1 Å². The number of carboxylic acid groups (broad SMARTS) is 1. The van der Waals surface area contributed by atoms with Crippen molar-refractivity contribution in [1.82, 2.24) is 4.57 Å². The van der Waals surface area contributed by atoms with Crippen molar-refractivity contribution in [1.29, 1.82) is 0 Å². The van der Waals surface area contributed by atoms with Gasteiger partial charge in [-0.05, 0) is 64.3 Å². The first-order chi connectivity index (χ1) is 15.7. The van der Waals surface area contributed by atoms with Gasteiger partial charge in [0.15, 0.2) is 6.10 Å². The molecule has 0 amide bonds. The number of rotatable bonds is 5. The van der Waals surface area contributed by atoms with Gasteiger partial charge in [-0.3, -0.25) is 4.31 Å². The van der Waals surface area contributed by atoms with Crippen LogP contribution in [0, 0.1) is 20.8 Å². The summed E-state index contributed by atoms with van der Waals surface area (Å²) >= 11 is 0. The summed E-state index contributed by atoms with van der Waals surface area (Å²) in [6, 6.07) is 9.98. The number of aliphatic carboxylic acids is 1. The highest BCUT2D eigenvalue weighted by Gasteiger charge is 2.37. The standard InChI is InChI=1S/C26H32N2O5S/c1-15-8-10-18(11-9-15)21-19-14-16(2)27-12-13-28(34(7,31)32)22(23(19)27)17(3)20(21)24(25(29)30)33-26(4,5)6/h8-11,14,24H,12-13H2,1-7H3,(H,29,30)/t24-/m0/s1. The second-order valence-corrected chi connectivity index (χ2v) is 12.0. The van der Waals surface area contributed by atoms with Gasteiger partial charge in [-0.2, -0.15) is 0 Å². The average molecular weight is 485 g/mol. The number of aryl methyl sites for hydroxylation is 2. The lowest BCUT2D eigenvalue weighted by Crippen LogP contribution is -2.37. The maximum Gasteiger partial charge on any atom is 0.337 e. The summed E-state index contributed by atoms with van der Waals surface area (Å²) in [7, 11) is -3.58. The van der Waals surface area contributed by atoms with Crippen LogP contribution >= 0.6 is 0 Å². The maximum absolute atomic E-state index is 12.8. The Hall–Kier alpha value is -2.84. The van der Waals surface area contributed by atoms with Crippen LogP contribution < -0.4 is 4.31 Å². The zero-order valence-corrected chi connectivity index (χ0v) is 21.6. The Morgan fingerprint density at radius 3 is 2.24 bits per heavy atom. The van der Waals surface area contributed by atoms with Crippen molar-refractivity contribution in [2.45, 2.75) is 59.8 Å². The first-order valence-corrected chi connectivity index (χ1v) is 13.2. The minimum Gasteiger partial charge on any atom is -0.479 e. The van der Waals surface area contributed by atoms with E-state index in [4.69, 9.17) is 4.74 Å². The van der Waals surface area contributed by atoms with Gasteiger partial charge in [-0.1, -0.05) is 29.8 Å². The highest BCUT2D eigenvalue weighted by molar-refractivity contribution is 7.92. The molecule has 0 bridgehead atoms. The van der Waals surface area contributed by atoms with E-state index in [1.807, 2.05) is 65.0 Å². The monoisotopic (exact) mass is 484 g/mol. The van der Waals surface area contributed by atoms with Crippen LogP contribution in [0.25, 0.3) is 22.0 Å². The summed E-state index contributed by atoms with van der Waals surface area (Å²) in [4.78, 5) is 12.6. The van der Waals surface area contributed by atoms with Crippen LogP contribution in [0.15, 0.2) is 30.3 Å². The molecule has 0 saturated heterocycles. The molecule has 182 valence electrons. The van der Waals surface area contributed by atoms with E-state index in [1.165, 1.54) is 10.6 Å². The molecule has 0 radical (unpaired) electrons. The zero-order chi connectivity index (χ0) is 25.2. The first-order valence-electron chi connectivity index (χ1n) is 11.3. The van der Waals surface area contributed by atoms with E-state index in [2.05, 4.69) is 4.57 Å². The minimum atomic E-state index is -3.58. The fourth-order valence-corrected chi connectivity index (χ4v) is 5.90. The number of carbonyl (C=O) groups is 1. The zero-order valence-electron chi connectivity index (χ0n) is 20.8. The predicted molar refractivity (Wildman–Crippen MR) is 135 cm³/mol. The molecule has 4 rings (SSSR count). The van der Waals surface area contributed by atoms with Crippen molar-refractivity contribution >= 4 is 32.6 Å². The molecule has 0 spiro atoms. The van der Waals surface area contributed by atoms with E-state index in [-0.39, 0.29) is 0 Å². The van der Waals surface area contributed by atoms with E-state index in [0.717, 1.165) is 33.3 Å². The lowest BCUT2D eigenvalue weighted by molar-refractivity contribution is -0.160. The molecular formula is C26H32N2O5S. The molecule has 1 aliphatic heterocycles. The van der Waals surface area contributed by atoms with Crippen LogP contribution in [-0.4, -0.2) is 42.5 Å². The number of ether oxygens (including phenoxy) is 1. The quantitative estimate of drug-likeness (QED) is 0.553. The van der Waals surface area contributed by atoms with Gasteiger partial charge in [0.2, 0.25) is 10.0 Å². The van der Waals surface area contributed by atoms with Gasteiger partial charge in [0.1, 0.15) is 0 Å². The fraction of sp³-hybridized carbons (Fsp3) is 0.423. The van der Waals surface area contributed by atoms with E-state index >= 15 is 0 Å². The number of hydrogen-bond donors (Lipinski definition) is 1. The van der Waals surface area contributed by atoms with Gasteiger partial charge < -0.3 is 14.4 Å². The summed E-state index contributed by atoms with van der Waals surface area (Å²) in [5.74, 6) is -1.11. The highest BCUT2D eigenvalue weighted by atomic mass is 32.2. The molecule has 0 unspecified atom stereocenters. The molecule has 0 aliphatic carbocycles. The molecule has 7 nitrogen and oxygen atoms in total. The first kappa shape index (κ1) is 24.3. The Morgan fingerprint density at radius 2 is 1.71 bits per heavy atom. The predicted octanol–water partition coefficient (Wildman–Crippen LogP) is 4.95. The lowest BCUT2D eigenvalue weighted by Gasteiger charge is -2.34. The molecule has 1 aromatic heterocycles. The van der Waals surface area contributed by atoms with Gasteiger partial charge in [-0.25, -0.2) is 13.2 Å². The molecule has 0 fully saturated rings. The molecule has 1 aliphatic rings. The van der Waals surface area contributed by atoms with Crippen LogP contribution in [-0.2, 0) is 26.1 Å². The van der Waals surface area contributed by atoms with Crippen LogP contribution in [0.2, 0.25) is 0 Å². The van der Waals surface area contributed by atoms with E-state index in [1.54, 1.807) is 6.92 Å². The van der Waals surface area contributed by atoms with E-state index in [0.29, 0.717) is 29.9 Å². The molecule has 1 N–H and O–H groups in total. The Labute approximate surface area is 201 Å². The number of aromatic nitrogens is 1. The molecule has 34 heavy (non-hydrogen) atoms. The van der Waals surface area contributed by atoms with Crippen molar-refractivity contribution in [2.75, 3.05) is 17.1 Å². The Balaban J connectivity index is 2.21.